The molecule has 1 amide bonds. The fourth-order valence-corrected chi connectivity index (χ4v) is 2.42. The maximum absolute atomic E-state index is 13.3. The molecule has 2 rings (SSSR count). The fraction of sp³-hybridized carbons (Fsp3) is 0.300. The molecule has 0 bridgehead atoms. The van der Waals surface area contributed by atoms with Crippen LogP contribution in [0.2, 0.25) is 0 Å². The molecule has 80 valence electrons. The first-order valence-electron chi connectivity index (χ1n) is 4.52. The first-order chi connectivity index (χ1) is 7.09. The van der Waals surface area contributed by atoms with Crippen LogP contribution in [0.1, 0.15) is 6.42 Å². The number of carbonyl (C=O) groups excluding carboxylic acids is 1. The maximum atomic E-state index is 13.3. The van der Waals surface area contributed by atoms with E-state index in [2.05, 4.69) is 28.6 Å². The van der Waals surface area contributed by atoms with Gasteiger partial charge in [-0.25, -0.2) is 4.39 Å². The van der Waals surface area contributed by atoms with Crippen molar-refractivity contribution >= 4 is 40.2 Å². The van der Waals surface area contributed by atoms with Crippen LogP contribution >= 0.6 is 28.6 Å². The minimum absolute atomic E-state index is 0.0127. The van der Waals surface area contributed by atoms with Gasteiger partial charge in [0.05, 0.1) is 10.2 Å². The van der Waals surface area contributed by atoms with Crippen LogP contribution in [0.15, 0.2) is 22.7 Å². The van der Waals surface area contributed by atoms with E-state index in [1.807, 2.05) is 0 Å². The Morgan fingerprint density at radius 1 is 1.53 bits per heavy atom. The average molecular weight is 290 g/mol. The molecule has 1 fully saturated rings. The summed E-state index contributed by atoms with van der Waals surface area (Å²) in [5.41, 5.74) is 0.580. The van der Waals surface area contributed by atoms with Crippen LogP contribution in [0.4, 0.5) is 10.1 Å². The van der Waals surface area contributed by atoms with Gasteiger partial charge < -0.3 is 4.90 Å². The normalized spacial score (nSPS) is 21.1. The number of benzene rings is 1. The van der Waals surface area contributed by atoms with Gasteiger partial charge in [-0.15, -0.1) is 0 Å². The number of anilines is 1. The number of thiol groups is 1. The van der Waals surface area contributed by atoms with E-state index in [9.17, 15) is 9.18 Å². The third-order valence-electron chi connectivity index (χ3n) is 2.33. The van der Waals surface area contributed by atoms with Crippen molar-refractivity contribution in [2.24, 2.45) is 0 Å². The lowest BCUT2D eigenvalue weighted by molar-refractivity contribution is -0.117. The molecule has 1 saturated heterocycles. The summed E-state index contributed by atoms with van der Waals surface area (Å²) in [5, 5.41) is 0.0349. The number of hydrogen-bond donors (Lipinski definition) is 1. The Hall–Kier alpha value is -0.550. The second kappa shape index (κ2) is 4.14. The van der Waals surface area contributed by atoms with Crippen LogP contribution in [0.5, 0.6) is 0 Å². The van der Waals surface area contributed by atoms with Crippen molar-refractivity contribution in [3.05, 3.63) is 28.5 Å². The molecule has 1 aromatic rings. The van der Waals surface area contributed by atoms with Gasteiger partial charge in [-0.3, -0.25) is 4.79 Å². The highest BCUT2D eigenvalue weighted by molar-refractivity contribution is 9.10. The Balaban J connectivity index is 2.38. The number of amides is 1. The molecule has 0 N–H and O–H groups in total. The molecule has 0 spiro atoms. The Morgan fingerprint density at radius 3 is 2.87 bits per heavy atom. The van der Waals surface area contributed by atoms with Gasteiger partial charge in [-0.2, -0.15) is 12.6 Å². The smallest absolute Gasteiger partial charge is 0.228 e. The summed E-state index contributed by atoms with van der Waals surface area (Å²) in [6.45, 7) is 0.532. The molecule has 0 radical (unpaired) electrons. The third kappa shape index (κ3) is 2.03. The molecular formula is C10H9BrFNOS. The Morgan fingerprint density at radius 2 is 2.27 bits per heavy atom. The second-order valence-corrected chi connectivity index (χ2v) is 4.96. The van der Waals surface area contributed by atoms with Gasteiger partial charge in [0.25, 0.3) is 0 Å². The van der Waals surface area contributed by atoms with E-state index in [1.165, 1.54) is 6.07 Å². The molecule has 1 aliphatic heterocycles. The molecule has 1 aromatic carbocycles. The van der Waals surface area contributed by atoms with E-state index in [0.29, 0.717) is 23.1 Å². The Kier molecular flexibility index (Phi) is 3.02. The van der Waals surface area contributed by atoms with E-state index in [-0.39, 0.29) is 17.0 Å². The summed E-state index contributed by atoms with van der Waals surface area (Å²) < 4.78 is 13.6. The minimum Gasteiger partial charge on any atom is -0.310 e. The molecule has 1 aliphatic rings. The molecule has 1 atom stereocenters. The lowest BCUT2D eigenvalue weighted by atomic mass is 10.3. The average Bonchev–Trinajstić information content (AvgIpc) is 2.50. The highest BCUT2D eigenvalue weighted by Crippen LogP contribution is 2.32. The van der Waals surface area contributed by atoms with Crippen molar-refractivity contribution in [1.82, 2.24) is 0 Å². The van der Waals surface area contributed by atoms with E-state index < -0.39 is 0 Å². The zero-order chi connectivity index (χ0) is 11.0. The Bertz CT molecular complexity index is 412. The third-order valence-corrected chi connectivity index (χ3v) is 3.46. The van der Waals surface area contributed by atoms with E-state index >= 15 is 0 Å². The summed E-state index contributed by atoms with van der Waals surface area (Å²) in [6.07, 6.45) is 0.409. The first kappa shape index (κ1) is 11.0. The van der Waals surface area contributed by atoms with Crippen LogP contribution in [0.25, 0.3) is 0 Å². The largest absolute Gasteiger partial charge is 0.310 e. The fourth-order valence-electron chi connectivity index (χ4n) is 1.62. The van der Waals surface area contributed by atoms with Crippen LogP contribution < -0.4 is 4.90 Å². The second-order valence-electron chi connectivity index (χ2n) is 3.44. The number of hydrogen-bond acceptors (Lipinski definition) is 2. The monoisotopic (exact) mass is 289 g/mol. The Labute approximate surface area is 101 Å². The van der Waals surface area contributed by atoms with Crippen LogP contribution in [0, 0.1) is 5.82 Å². The van der Waals surface area contributed by atoms with Crippen molar-refractivity contribution < 1.29 is 9.18 Å². The number of rotatable bonds is 1. The topological polar surface area (TPSA) is 20.3 Å². The molecule has 1 heterocycles. The van der Waals surface area contributed by atoms with Gasteiger partial charge in [0.15, 0.2) is 0 Å². The van der Waals surface area contributed by atoms with Crippen molar-refractivity contribution in [3.8, 4) is 0 Å². The van der Waals surface area contributed by atoms with Gasteiger partial charge in [0, 0.05) is 18.2 Å². The van der Waals surface area contributed by atoms with E-state index in [0.717, 1.165) is 0 Å². The van der Waals surface area contributed by atoms with Gasteiger partial charge in [0.1, 0.15) is 5.82 Å². The van der Waals surface area contributed by atoms with Crippen molar-refractivity contribution in [3.63, 3.8) is 0 Å². The lowest BCUT2D eigenvalue weighted by Crippen LogP contribution is -2.25. The van der Waals surface area contributed by atoms with Gasteiger partial charge in [-0.05, 0) is 28.1 Å². The van der Waals surface area contributed by atoms with Crippen molar-refractivity contribution in [2.75, 3.05) is 11.4 Å². The molecule has 5 heteroatoms. The molecule has 0 aliphatic carbocycles. The number of halogens is 2. The lowest BCUT2D eigenvalue weighted by Gasteiger charge is -2.17. The standard InChI is InChI=1S/C10H9BrFNOS/c11-10-7(12)2-1-3-8(10)13-5-6(15)4-9(13)14/h1-3,6,15H,4-5H2. The molecular weight excluding hydrogens is 281 g/mol. The van der Waals surface area contributed by atoms with Crippen LogP contribution in [-0.4, -0.2) is 17.7 Å². The zero-order valence-electron chi connectivity index (χ0n) is 7.78. The van der Waals surface area contributed by atoms with Gasteiger partial charge in [0.2, 0.25) is 5.91 Å². The summed E-state index contributed by atoms with van der Waals surface area (Å²) in [6, 6.07) is 4.66. The van der Waals surface area contributed by atoms with Gasteiger partial charge in [-0.1, -0.05) is 6.07 Å². The summed E-state index contributed by atoms with van der Waals surface area (Å²) in [4.78, 5) is 13.1. The minimum atomic E-state index is -0.358. The molecule has 0 saturated carbocycles. The zero-order valence-corrected chi connectivity index (χ0v) is 10.3. The highest BCUT2D eigenvalue weighted by atomic mass is 79.9. The molecule has 2 nitrogen and oxygen atoms in total. The number of carbonyl (C=O) groups is 1. The highest BCUT2D eigenvalue weighted by Gasteiger charge is 2.29. The predicted octanol–water partition coefficient (Wildman–Crippen LogP) is 2.62. The first-order valence-corrected chi connectivity index (χ1v) is 5.83. The quantitative estimate of drug-likeness (QED) is 0.788. The predicted molar refractivity (Wildman–Crippen MR) is 63.8 cm³/mol. The number of nitrogens with zero attached hydrogens (tertiary/aromatic N) is 1. The van der Waals surface area contributed by atoms with Crippen LogP contribution in [-0.2, 0) is 4.79 Å². The van der Waals surface area contributed by atoms with Crippen LogP contribution in [0.3, 0.4) is 0 Å². The SMILES string of the molecule is O=C1CC(S)CN1c1cccc(F)c1Br. The van der Waals surface area contributed by atoms with E-state index in [1.54, 1.807) is 17.0 Å². The van der Waals surface area contributed by atoms with E-state index in [4.69, 9.17) is 0 Å². The summed E-state index contributed by atoms with van der Waals surface area (Å²) in [5.74, 6) is -0.371. The van der Waals surface area contributed by atoms with Crippen molar-refractivity contribution in [2.45, 2.75) is 11.7 Å². The molecule has 1 unspecified atom stereocenters. The maximum Gasteiger partial charge on any atom is 0.228 e. The summed E-state index contributed by atoms with van der Waals surface area (Å²) >= 11 is 7.39. The van der Waals surface area contributed by atoms with Gasteiger partial charge >= 0.3 is 0 Å². The van der Waals surface area contributed by atoms with Crippen molar-refractivity contribution in [1.29, 1.82) is 0 Å². The molecule has 0 aromatic heterocycles. The molecule has 15 heavy (non-hydrogen) atoms. The summed E-state index contributed by atoms with van der Waals surface area (Å²) in [7, 11) is 0.